The maximum atomic E-state index is 12.4. The fourth-order valence-corrected chi connectivity index (χ4v) is 8.36. The molecule has 2 N–H and O–H groups in total. The van der Waals surface area contributed by atoms with Crippen molar-refractivity contribution in [2.45, 2.75) is 84.8 Å². The molecule has 0 heterocycles. The van der Waals surface area contributed by atoms with E-state index < -0.39 is 12.2 Å². The summed E-state index contributed by atoms with van der Waals surface area (Å²) >= 11 is 0. The van der Waals surface area contributed by atoms with Crippen molar-refractivity contribution in [3.63, 3.8) is 0 Å². The first-order valence-corrected chi connectivity index (χ1v) is 12.0. The van der Waals surface area contributed by atoms with Crippen LogP contribution in [0.1, 0.15) is 72.6 Å². The van der Waals surface area contributed by atoms with Gasteiger partial charge in [0.05, 0.1) is 18.8 Å². The van der Waals surface area contributed by atoms with Gasteiger partial charge in [-0.1, -0.05) is 26.8 Å². The van der Waals surface area contributed by atoms with Crippen LogP contribution in [0.15, 0.2) is 11.8 Å². The molecule has 0 spiro atoms. The summed E-state index contributed by atoms with van der Waals surface area (Å²) in [5.41, 5.74) is -0.365. The summed E-state index contributed by atoms with van der Waals surface area (Å²) < 4.78 is 0. The zero-order valence-electron chi connectivity index (χ0n) is 19.3. The van der Waals surface area contributed by atoms with Gasteiger partial charge in [0, 0.05) is 12.8 Å². The van der Waals surface area contributed by atoms with Crippen LogP contribution in [0.4, 0.5) is 0 Å². The molecule has 0 aliphatic heterocycles. The number of hydrogen-bond donors (Lipinski definition) is 2. The molecule has 3 saturated carbocycles. The van der Waals surface area contributed by atoms with Crippen LogP contribution in [0.2, 0.25) is 0 Å². The van der Waals surface area contributed by atoms with Crippen LogP contribution in [0.25, 0.3) is 4.85 Å². The first-order valence-electron chi connectivity index (χ1n) is 12.0. The van der Waals surface area contributed by atoms with Gasteiger partial charge in [0.2, 0.25) is 5.70 Å². The Hall–Kier alpha value is -1.51. The summed E-state index contributed by atoms with van der Waals surface area (Å²) in [6.45, 7) is 15.7. The third-order valence-corrected chi connectivity index (χ3v) is 10.1. The topological polar surface area (TPSA) is 79.0 Å². The Kier molecular flexibility index (Phi) is 5.72. The SMILES string of the molecule is [C-]#[N+]C1=C[C@@]2(C)[C@@H](CC1=O)C[C@@H](O)[C@@H]1[C@@H]2C[C@H](O)[C@]2(C)[C@@H]([C@H](C)CCC(C)=O)CC[C@@H]12. The largest absolute Gasteiger partial charge is 0.393 e. The van der Waals surface area contributed by atoms with E-state index in [0.717, 1.165) is 19.3 Å². The van der Waals surface area contributed by atoms with Gasteiger partial charge in [-0.3, -0.25) is 0 Å². The number of allylic oxidation sites excluding steroid dienone is 2. The van der Waals surface area contributed by atoms with Crippen LogP contribution >= 0.6 is 0 Å². The Labute approximate surface area is 186 Å². The predicted molar refractivity (Wildman–Crippen MR) is 118 cm³/mol. The van der Waals surface area contributed by atoms with Gasteiger partial charge in [0.15, 0.2) is 5.78 Å². The lowest BCUT2D eigenvalue weighted by Gasteiger charge is -2.62. The Morgan fingerprint density at radius 1 is 1.26 bits per heavy atom. The van der Waals surface area contributed by atoms with Crippen molar-refractivity contribution in [3.8, 4) is 0 Å². The van der Waals surface area contributed by atoms with Crippen molar-refractivity contribution in [3.05, 3.63) is 23.2 Å². The first-order chi connectivity index (χ1) is 14.5. The normalized spacial score (nSPS) is 47.5. The van der Waals surface area contributed by atoms with Crippen LogP contribution in [-0.2, 0) is 9.59 Å². The van der Waals surface area contributed by atoms with Gasteiger partial charge in [0.25, 0.3) is 0 Å². The summed E-state index contributed by atoms with van der Waals surface area (Å²) in [7, 11) is 0. The molecule has 4 aliphatic rings. The second-order valence-corrected chi connectivity index (χ2v) is 11.4. The van der Waals surface area contributed by atoms with E-state index in [0.29, 0.717) is 37.5 Å². The van der Waals surface area contributed by atoms with Crippen LogP contribution in [0.5, 0.6) is 0 Å². The minimum atomic E-state index is -0.476. The predicted octanol–water partition coefficient (Wildman–Crippen LogP) is 4.18. The molecule has 0 saturated heterocycles. The van der Waals surface area contributed by atoms with E-state index in [-0.39, 0.29) is 51.8 Å². The Morgan fingerprint density at radius 3 is 2.61 bits per heavy atom. The number of ketones is 2. The van der Waals surface area contributed by atoms with Gasteiger partial charge in [-0.05, 0) is 85.4 Å². The highest BCUT2D eigenvalue weighted by atomic mass is 16.3. The molecule has 0 aromatic heterocycles. The van der Waals surface area contributed by atoms with Gasteiger partial charge in [0.1, 0.15) is 5.78 Å². The Bertz CT molecular complexity index is 843. The number of carbonyl (C=O) groups is 2. The van der Waals surface area contributed by atoms with Gasteiger partial charge < -0.3 is 19.8 Å². The standard InChI is InChI=1S/C26H37NO4/c1-14(6-7-15(2)28)17-8-9-18-24-19(12-23(31)26(17,18)4)25(3)13-20(27-5)21(29)10-16(25)11-22(24)30/h13-14,16-19,22-24,30-31H,6-12H2,1-4H3/t14-,16+,17-,18+,19+,22-,23+,24+,25+,26-/m1/s1. The molecule has 10 atom stereocenters. The molecule has 3 fully saturated rings. The van der Waals surface area contributed by atoms with Crippen LogP contribution in [0, 0.1) is 52.9 Å². The first kappa shape index (κ1) is 22.7. The second-order valence-electron chi connectivity index (χ2n) is 11.4. The Balaban J connectivity index is 1.67. The van der Waals surface area contributed by atoms with Crippen LogP contribution in [0.3, 0.4) is 0 Å². The van der Waals surface area contributed by atoms with E-state index in [1.807, 2.05) is 6.08 Å². The lowest BCUT2D eigenvalue weighted by Crippen LogP contribution is -2.61. The fourth-order valence-electron chi connectivity index (χ4n) is 8.36. The van der Waals surface area contributed by atoms with Crippen molar-refractivity contribution in [1.82, 2.24) is 0 Å². The molecular weight excluding hydrogens is 390 g/mol. The highest BCUT2D eigenvalue weighted by Gasteiger charge is 2.65. The van der Waals surface area contributed by atoms with Gasteiger partial charge in [-0.15, -0.1) is 0 Å². The number of fused-ring (bicyclic) bond motifs is 5. The smallest absolute Gasteiger partial charge is 0.225 e. The van der Waals surface area contributed by atoms with Gasteiger partial charge in [-0.2, -0.15) is 0 Å². The van der Waals surface area contributed by atoms with E-state index >= 15 is 0 Å². The Morgan fingerprint density at radius 2 is 1.97 bits per heavy atom. The summed E-state index contributed by atoms with van der Waals surface area (Å²) in [5, 5.41) is 22.8. The lowest BCUT2D eigenvalue weighted by molar-refractivity contribution is -0.186. The van der Waals surface area contributed by atoms with Crippen molar-refractivity contribution in [1.29, 1.82) is 0 Å². The number of rotatable bonds is 4. The zero-order valence-corrected chi connectivity index (χ0v) is 19.3. The minimum absolute atomic E-state index is 0.0324. The molecule has 0 unspecified atom stereocenters. The fraction of sp³-hybridized carbons (Fsp3) is 0.808. The maximum Gasteiger partial charge on any atom is 0.225 e. The summed E-state index contributed by atoms with van der Waals surface area (Å²) in [4.78, 5) is 27.4. The monoisotopic (exact) mass is 427 g/mol. The quantitative estimate of drug-likeness (QED) is 0.660. The number of aliphatic hydroxyl groups is 2. The molecule has 0 bridgehead atoms. The molecule has 0 amide bonds. The average Bonchev–Trinajstić information content (AvgIpc) is 3.06. The number of Topliss-reactive ketones (excluding diaryl/α,β-unsaturated/α-hetero) is 2. The van der Waals surface area contributed by atoms with Gasteiger partial charge >= 0.3 is 0 Å². The zero-order chi connectivity index (χ0) is 22.7. The molecule has 4 rings (SSSR count). The molecule has 5 heteroatoms. The van der Waals surface area contributed by atoms with Crippen molar-refractivity contribution < 1.29 is 19.8 Å². The molecule has 4 aliphatic carbocycles. The molecule has 0 radical (unpaired) electrons. The lowest BCUT2D eigenvalue weighted by atomic mass is 9.44. The highest BCUT2D eigenvalue weighted by molar-refractivity contribution is 5.98. The molecule has 5 nitrogen and oxygen atoms in total. The van der Waals surface area contributed by atoms with Crippen molar-refractivity contribution in [2.75, 3.05) is 0 Å². The van der Waals surface area contributed by atoms with Crippen molar-refractivity contribution >= 4 is 11.6 Å². The van der Waals surface area contributed by atoms with E-state index in [9.17, 15) is 19.8 Å². The van der Waals surface area contributed by atoms with Crippen LogP contribution < -0.4 is 0 Å². The number of aliphatic hydroxyl groups excluding tert-OH is 2. The average molecular weight is 428 g/mol. The second kappa shape index (κ2) is 7.81. The maximum absolute atomic E-state index is 12.4. The molecule has 0 aromatic carbocycles. The van der Waals surface area contributed by atoms with Crippen molar-refractivity contribution in [2.24, 2.45) is 46.3 Å². The van der Waals surface area contributed by atoms with E-state index in [1.165, 1.54) is 0 Å². The molecule has 31 heavy (non-hydrogen) atoms. The number of nitrogens with zero attached hydrogens (tertiary/aromatic N) is 1. The van der Waals surface area contributed by atoms with E-state index in [4.69, 9.17) is 6.57 Å². The van der Waals surface area contributed by atoms with E-state index in [2.05, 4.69) is 25.6 Å². The van der Waals surface area contributed by atoms with E-state index in [1.54, 1.807) is 6.92 Å². The molecular formula is C26H37NO4. The summed E-state index contributed by atoms with van der Waals surface area (Å²) in [5.74, 6) is 1.21. The third-order valence-electron chi connectivity index (χ3n) is 10.1. The number of hydrogen-bond acceptors (Lipinski definition) is 4. The third kappa shape index (κ3) is 3.33. The van der Waals surface area contributed by atoms with Gasteiger partial charge in [-0.25, -0.2) is 4.85 Å². The summed E-state index contributed by atoms with van der Waals surface area (Å²) in [6, 6.07) is 0. The van der Waals surface area contributed by atoms with Crippen LogP contribution in [-0.4, -0.2) is 34.0 Å². The molecule has 0 aromatic rings. The minimum Gasteiger partial charge on any atom is -0.393 e. The highest BCUT2D eigenvalue weighted by Crippen LogP contribution is 2.67. The summed E-state index contributed by atoms with van der Waals surface area (Å²) in [6.07, 6.45) is 5.91. The number of carbonyl (C=O) groups excluding carboxylic acids is 2. The molecule has 170 valence electrons.